The third-order valence-electron chi connectivity index (χ3n) is 2.89. The molecule has 0 saturated heterocycles. The number of ether oxygens (including phenoxy) is 1. The fraction of sp³-hybridized carbons (Fsp3) is 0.308. The van der Waals surface area contributed by atoms with Crippen LogP contribution in [0.4, 0.5) is 0 Å². The van der Waals surface area contributed by atoms with Crippen molar-refractivity contribution in [2.24, 2.45) is 17.9 Å². The van der Waals surface area contributed by atoms with Crippen LogP contribution in [0.15, 0.2) is 35.7 Å². The first kappa shape index (κ1) is 14.8. The zero-order valence-corrected chi connectivity index (χ0v) is 11.7. The lowest BCUT2D eigenvalue weighted by Crippen LogP contribution is -2.22. The molecule has 0 bridgehead atoms. The Morgan fingerprint density at radius 3 is 2.81 bits per heavy atom. The zero-order valence-electron chi connectivity index (χ0n) is 11.7. The highest BCUT2D eigenvalue weighted by Crippen LogP contribution is 2.11. The van der Waals surface area contributed by atoms with Crippen LogP contribution < -0.4 is 15.8 Å². The number of benzene rings is 1. The van der Waals surface area contributed by atoms with Gasteiger partial charge in [-0.15, -0.1) is 10.2 Å². The van der Waals surface area contributed by atoms with Crippen LogP contribution in [0.5, 0.6) is 5.75 Å². The van der Waals surface area contributed by atoms with Crippen LogP contribution in [0.25, 0.3) is 0 Å². The van der Waals surface area contributed by atoms with Crippen molar-refractivity contribution in [2.75, 3.05) is 13.2 Å². The van der Waals surface area contributed by atoms with Crippen LogP contribution in [0.3, 0.4) is 0 Å². The van der Waals surface area contributed by atoms with E-state index in [9.17, 15) is 0 Å². The van der Waals surface area contributed by atoms with Crippen LogP contribution in [-0.2, 0) is 13.6 Å². The Labute approximate surface area is 122 Å². The Kier molecular flexibility index (Phi) is 5.10. The van der Waals surface area contributed by atoms with Crippen molar-refractivity contribution < 1.29 is 9.94 Å². The molecule has 0 saturated carbocycles. The SMILES string of the molecule is Cn1cnnc1CNCCOc1ccc(C(N)=NO)cc1. The van der Waals surface area contributed by atoms with Crippen molar-refractivity contribution in [3.8, 4) is 5.75 Å². The van der Waals surface area contributed by atoms with E-state index in [2.05, 4.69) is 20.7 Å². The Hall–Kier alpha value is -2.61. The molecule has 0 fully saturated rings. The monoisotopic (exact) mass is 290 g/mol. The van der Waals surface area contributed by atoms with Gasteiger partial charge in [0.2, 0.25) is 0 Å². The van der Waals surface area contributed by atoms with Gasteiger partial charge in [-0.3, -0.25) is 0 Å². The fourth-order valence-corrected chi connectivity index (χ4v) is 1.69. The molecule has 0 aliphatic rings. The van der Waals surface area contributed by atoms with Gasteiger partial charge in [0.1, 0.15) is 24.5 Å². The molecule has 112 valence electrons. The summed E-state index contributed by atoms with van der Waals surface area (Å²) < 4.78 is 7.44. The van der Waals surface area contributed by atoms with Crippen LogP contribution >= 0.6 is 0 Å². The van der Waals surface area contributed by atoms with Gasteiger partial charge in [-0.1, -0.05) is 5.16 Å². The summed E-state index contributed by atoms with van der Waals surface area (Å²) in [4.78, 5) is 0. The first-order valence-corrected chi connectivity index (χ1v) is 6.45. The lowest BCUT2D eigenvalue weighted by molar-refractivity contribution is 0.312. The van der Waals surface area contributed by atoms with Gasteiger partial charge < -0.3 is 25.6 Å². The van der Waals surface area contributed by atoms with Gasteiger partial charge in [0.25, 0.3) is 0 Å². The first-order chi connectivity index (χ1) is 10.2. The van der Waals surface area contributed by atoms with Gasteiger partial charge in [-0.2, -0.15) is 0 Å². The quantitative estimate of drug-likeness (QED) is 0.219. The summed E-state index contributed by atoms with van der Waals surface area (Å²) >= 11 is 0. The summed E-state index contributed by atoms with van der Waals surface area (Å²) in [6, 6.07) is 7.01. The standard InChI is InChI=1S/C13H18N6O2/c1-19-9-16-17-12(19)8-15-6-7-21-11-4-2-10(3-5-11)13(14)18-20/h2-5,9,15,20H,6-8H2,1H3,(H2,14,18). The second-order valence-electron chi connectivity index (χ2n) is 4.39. The lowest BCUT2D eigenvalue weighted by Gasteiger charge is -2.08. The highest BCUT2D eigenvalue weighted by molar-refractivity contribution is 5.97. The number of nitrogens with two attached hydrogens (primary N) is 1. The summed E-state index contributed by atoms with van der Waals surface area (Å²) in [5.74, 6) is 1.68. The van der Waals surface area contributed by atoms with Gasteiger partial charge >= 0.3 is 0 Å². The lowest BCUT2D eigenvalue weighted by atomic mass is 10.2. The molecule has 0 amide bonds. The summed E-state index contributed by atoms with van der Waals surface area (Å²) in [5, 5.41) is 22.5. The van der Waals surface area contributed by atoms with Crippen LogP contribution in [0.1, 0.15) is 11.4 Å². The third kappa shape index (κ3) is 4.18. The van der Waals surface area contributed by atoms with E-state index < -0.39 is 0 Å². The van der Waals surface area contributed by atoms with E-state index in [0.29, 0.717) is 25.3 Å². The van der Waals surface area contributed by atoms with Gasteiger partial charge in [-0.25, -0.2) is 0 Å². The first-order valence-electron chi connectivity index (χ1n) is 6.45. The Morgan fingerprint density at radius 2 is 2.19 bits per heavy atom. The Bertz CT molecular complexity index is 593. The zero-order chi connectivity index (χ0) is 15.1. The predicted octanol–water partition coefficient (Wildman–Crippen LogP) is 0.0782. The van der Waals surface area contributed by atoms with Crippen molar-refractivity contribution in [1.29, 1.82) is 0 Å². The van der Waals surface area contributed by atoms with Gasteiger partial charge in [0, 0.05) is 19.2 Å². The second kappa shape index (κ2) is 7.25. The molecule has 0 aliphatic heterocycles. The molecule has 8 nitrogen and oxygen atoms in total. The number of nitrogens with zero attached hydrogens (tertiary/aromatic N) is 4. The molecule has 4 N–H and O–H groups in total. The number of aryl methyl sites for hydroxylation is 1. The number of rotatable bonds is 7. The van der Waals surface area contributed by atoms with E-state index in [0.717, 1.165) is 11.6 Å². The number of nitrogens with one attached hydrogen (secondary N) is 1. The summed E-state index contributed by atoms with van der Waals surface area (Å²) in [7, 11) is 1.90. The van der Waals surface area contributed by atoms with E-state index in [1.165, 1.54) is 0 Å². The average molecular weight is 290 g/mol. The number of amidine groups is 1. The molecule has 0 spiro atoms. The van der Waals surface area contributed by atoms with Crippen molar-refractivity contribution >= 4 is 5.84 Å². The average Bonchev–Trinajstić information content (AvgIpc) is 2.92. The molecule has 8 heteroatoms. The molecule has 0 atom stereocenters. The second-order valence-corrected chi connectivity index (χ2v) is 4.39. The molecule has 21 heavy (non-hydrogen) atoms. The van der Waals surface area contributed by atoms with E-state index in [-0.39, 0.29) is 5.84 Å². The summed E-state index contributed by atoms with van der Waals surface area (Å²) in [5.41, 5.74) is 6.12. The van der Waals surface area contributed by atoms with Crippen molar-refractivity contribution in [3.05, 3.63) is 42.0 Å². The van der Waals surface area contributed by atoms with Crippen molar-refractivity contribution in [2.45, 2.75) is 6.54 Å². The third-order valence-corrected chi connectivity index (χ3v) is 2.89. The molecule has 2 rings (SSSR count). The fourth-order valence-electron chi connectivity index (χ4n) is 1.69. The predicted molar refractivity (Wildman–Crippen MR) is 77.2 cm³/mol. The maximum absolute atomic E-state index is 8.57. The highest BCUT2D eigenvalue weighted by Gasteiger charge is 2.01. The number of hydrogen-bond acceptors (Lipinski definition) is 6. The highest BCUT2D eigenvalue weighted by atomic mass is 16.5. The Balaban J connectivity index is 1.70. The molecular formula is C13H18N6O2. The number of aromatic nitrogens is 3. The minimum absolute atomic E-state index is 0.0758. The Morgan fingerprint density at radius 1 is 1.43 bits per heavy atom. The van der Waals surface area contributed by atoms with Gasteiger partial charge in [0.05, 0.1) is 6.54 Å². The van der Waals surface area contributed by atoms with Crippen LogP contribution in [0, 0.1) is 0 Å². The molecule has 1 heterocycles. The number of oxime groups is 1. The topological polar surface area (TPSA) is 111 Å². The number of hydrogen-bond donors (Lipinski definition) is 3. The van der Waals surface area contributed by atoms with Crippen molar-refractivity contribution in [3.63, 3.8) is 0 Å². The maximum Gasteiger partial charge on any atom is 0.170 e. The molecule has 0 aliphatic carbocycles. The van der Waals surface area contributed by atoms with E-state index >= 15 is 0 Å². The van der Waals surface area contributed by atoms with E-state index in [4.69, 9.17) is 15.7 Å². The summed E-state index contributed by atoms with van der Waals surface area (Å²) in [6.45, 7) is 1.86. The van der Waals surface area contributed by atoms with Crippen LogP contribution in [-0.4, -0.2) is 39.0 Å². The van der Waals surface area contributed by atoms with Crippen LogP contribution in [0.2, 0.25) is 0 Å². The molecule has 1 aromatic carbocycles. The molecular weight excluding hydrogens is 272 g/mol. The smallest absolute Gasteiger partial charge is 0.170 e. The van der Waals surface area contributed by atoms with E-state index in [1.807, 2.05) is 11.6 Å². The van der Waals surface area contributed by atoms with Gasteiger partial charge in [-0.05, 0) is 24.3 Å². The molecule has 0 unspecified atom stereocenters. The molecule has 0 radical (unpaired) electrons. The maximum atomic E-state index is 8.57. The molecule has 2 aromatic rings. The van der Waals surface area contributed by atoms with Gasteiger partial charge in [0.15, 0.2) is 5.84 Å². The largest absolute Gasteiger partial charge is 0.492 e. The van der Waals surface area contributed by atoms with Crippen molar-refractivity contribution in [1.82, 2.24) is 20.1 Å². The van der Waals surface area contributed by atoms with E-state index in [1.54, 1.807) is 30.6 Å². The minimum atomic E-state index is 0.0758. The minimum Gasteiger partial charge on any atom is -0.492 e. The summed E-state index contributed by atoms with van der Waals surface area (Å²) in [6.07, 6.45) is 1.66. The molecule has 1 aromatic heterocycles. The normalized spacial score (nSPS) is 11.6.